The molecule has 0 amide bonds. The van der Waals surface area contributed by atoms with Gasteiger partial charge in [0.25, 0.3) is 0 Å². The van der Waals surface area contributed by atoms with Gasteiger partial charge < -0.3 is 17.2 Å². The first-order valence-corrected chi connectivity index (χ1v) is 4.49. The van der Waals surface area contributed by atoms with Crippen LogP contribution in [0, 0.1) is 5.92 Å². The molecule has 0 saturated heterocycles. The van der Waals surface area contributed by atoms with Crippen molar-refractivity contribution in [3.8, 4) is 0 Å². The molecule has 0 radical (unpaired) electrons. The standard InChI is InChI=1S/C8H20N4O/c1-5(2)7(13)6(9)3-4-12-8(10)11/h5-6,8,12H,3-4,9-11H2,1-2H3/t6-/m0/s1. The van der Waals surface area contributed by atoms with E-state index in [9.17, 15) is 4.79 Å². The minimum absolute atomic E-state index is 0.0125. The number of nitrogens with two attached hydrogens (primary N) is 3. The van der Waals surface area contributed by atoms with Gasteiger partial charge in [-0.2, -0.15) is 0 Å². The maximum atomic E-state index is 11.3. The molecule has 0 unspecified atom stereocenters. The van der Waals surface area contributed by atoms with Crippen LogP contribution in [0.1, 0.15) is 20.3 Å². The van der Waals surface area contributed by atoms with Crippen LogP contribution in [0.3, 0.4) is 0 Å². The van der Waals surface area contributed by atoms with E-state index in [2.05, 4.69) is 5.32 Å². The number of nitrogens with one attached hydrogen (secondary N) is 1. The lowest BCUT2D eigenvalue weighted by atomic mass is 10.0. The third kappa shape index (κ3) is 5.70. The van der Waals surface area contributed by atoms with E-state index in [0.29, 0.717) is 13.0 Å². The van der Waals surface area contributed by atoms with Crippen LogP contribution in [0.25, 0.3) is 0 Å². The summed E-state index contributed by atoms with van der Waals surface area (Å²) in [6.45, 7) is 4.24. The molecule has 0 aliphatic rings. The quantitative estimate of drug-likeness (QED) is 0.388. The van der Waals surface area contributed by atoms with Crippen molar-refractivity contribution in [2.75, 3.05) is 6.54 Å². The fourth-order valence-electron chi connectivity index (χ4n) is 0.976. The van der Waals surface area contributed by atoms with Gasteiger partial charge in [-0.05, 0) is 13.0 Å². The second kappa shape index (κ2) is 6.04. The summed E-state index contributed by atoms with van der Waals surface area (Å²) in [6, 6.07) is -0.411. The van der Waals surface area contributed by atoms with Crippen molar-refractivity contribution in [3.05, 3.63) is 0 Å². The summed E-state index contributed by atoms with van der Waals surface area (Å²) in [5.74, 6) is 0.0638. The van der Waals surface area contributed by atoms with Crippen molar-refractivity contribution in [1.29, 1.82) is 0 Å². The minimum atomic E-state index is -0.540. The molecule has 0 bridgehead atoms. The van der Waals surface area contributed by atoms with Crippen molar-refractivity contribution in [2.24, 2.45) is 23.1 Å². The normalized spacial score (nSPS) is 13.8. The molecule has 0 aromatic heterocycles. The maximum Gasteiger partial charge on any atom is 0.152 e. The van der Waals surface area contributed by atoms with Gasteiger partial charge in [-0.15, -0.1) is 0 Å². The first-order chi connectivity index (χ1) is 5.95. The zero-order valence-electron chi connectivity index (χ0n) is 8.29. The lowest BCUT2D eigenvalue weighted by molar-refractivity contribution is -0.123. The highest BCUT2D eigenvalue weighted by molar-refractivity contribution is 5.85. The van der Waals surface area contributed by atoms with E-state index >= 15 is 0 Å². The Bertz CT molecular complexity index is 158. The Balaban J connectivity index is 3.62. The van der Waals surface area contributed by atoms with Crippen LogP contribution >= 0.6 is 0 Å². The Hall–Kier alpha value is -0.490. The number of carbonyl (C=O) groups is 1. The van der Waals surface area contributed by atoms with Crippen molar-refractivity contribution in [2.45, 2.75) is 32.6 Å². The van der Waals surface area contributed by atoms with Crippen LogP contribution in [-0.2, 0) is 4.79 Å². The van der Waals surface area contributed by atoms with E-state index < -0.39 is 12.3 Å². The van der Waals surface area contributed by atoms with E-state index in [1.54, 1.807) is 0 Å². The Kier molecular flexibility index (Phi) is 5.81. The molecule has 7 N–H and O–H groups in total. The highest BCUT2D eigenvalue weighted by Crippen LogP contribution is 2.00. The molecule has 0 aliphatic carbocycles. The summed E-state index contributed by atoms with van der Waals surface area (Å²) >= 11 is 0. The van der Waals surface area contributed by atoms with Crippen molar-refractivity contribution < 1.29 is 4.79 Å². The maximum absolute atomic E-state index is 11.3. The van der Waals surface area contributed by atoms with Crippen LogP contribution < -0.4 is 22.5 Å². The molecule has 0 fully saturated rings. The first-order valence-electron chi connectivity index (χ1n) is 4.49. The largest absolute Gasteiger partial charge is 0.321 e. The topological polar surface area (TPSA) is 107 Å². The Labute approximate surface area is 79.0 Å². The molecule has 1 atom stereocenters. The molecule has 13 heavy (non-hydrogen) atoms. The molecule has 78 valence electrons. The molecule has 5 heteroatoms. The van der Waals surface area contributed by atoms with E-state index in [4.69, 9.17) is 17.2 Å². The minimum Gasteiger partial charge on any atom is -0.321 e. The molecule has 0 aromatic rings. The second-order valence-corrected chi connectivity index (χ2v) is 3.43. The SMILES string of the molecule is CC(C)C(=O)[C@@H](N)CCNC(N)N. The third-order valence-corrected chi connectivity index (χ3v) is 1.77. The monoisotopic (exact) mass is 188 g/mol. The van der Waals surface area contributed by atoms with Gasteiger partial charge in [0, 0.05) is 5.92 Å². The van der Waals surface area contributed by atoms with E-state index in [0.717, 1.165) is 0 Å². The fourth-order valence-corrected chi connectivity index (χ4v) is 0.976. The molecular formula is C8H20N4O. The summed E-state index contributed by atoms with van der Waals surface area (Å²) in [5.41, 5.74) is 16.1. The van der Waals surface area contributed by atoms with Crippen LogP contribution in [0.2, 0.25) is 0 Å². The van der Waals surface area contributed by atoms with Gasteiger partial charge in [0.05, 0.1) is 6.04 Å². The summed E-state index contributed by atoms with van der Waals surface area (Å²) in [7, 11) is 0. The smallest absolute Gasteiger partial charge is 0.152 e. The number of carbonyl (C=O) groups excluding carboxylic acids is 1. The van der Waals surface area contributed by atoms with Crippen molar-refractivity contribution >= 4 is 5.78 Å². The van der Waals surface area contributed by atoms with Crippen molar-refractivity contribution in [1.82, 2.24) is 5.32 Å². The van der Waals surface area contributed by atoms with Crippen LogP contribution in [-0.4, -0.2) is 24.7 Å². The lowest BCUT2D eigenvalue weighted by Gasteiger charge is -2.14. The van der Waals surface area contributed by atoms with Gasteiger partial charge in [0.2, 0.25) is 0 Å². The van der Waals surface area contributed by atoms with Crippen LogP contribution in [0.4, 0.5) is 0 Å². The van der Waals surface area contributed by atoms with Gasteiger partial charge in [-0.3, -0.25) is 10.1 Å². The van der Waals surface area contributed by atoms with Crippen molar-refractivity contribution in [3.63, 3.8) is 0 Å². The predicted octanol–water partition coefficient (Wildman–Crippen LogP) is -1.28. The number of hydrogen-bond donors (Lipinski definition) is 4. The highest BCUT2D eigenvalue weighted by Gasteiger charge is 2.16. The van der Waals surface area contributed by atoms with Gasteiger partial charge in [0.1, 0.15) is 6.29 Å². The summed E-state index contributed by atoms with van der Waals surface area (Å²) in [6.07, 6.45) is 0.0309. The van der Waals surface area contributed by atoms with E-state index in [-0.39, 0.29) is 11.7 Å². The third-order valence-electron chi connectivity index (χ3n) is 1.77. The fraction of sp³-hybridized carbons (Fsp3) is 0.875. The molecule has 5 nitrogen and oxygen atoms in total. The first kappa shape index (κ1) is 12.5. The zero-order valence-corrected chi connectivity index (χ0v) is 8.29. The molecule has 0 heterocycles. The number of hydrogen-bond acceptors (Lipinski definition) is 5. The molecule has 0 saturated carbocycles. The number of Topliss-reactive ketones (excluding diaryl/α,β-unsaturated/α-hetero) is 1. The number of rotatable bonds is 6. The molecular weight excluding hydrogens is 168 g/mol. The molecule has 0 spiro atoms. The molecule has 0 aromatic carbocycles. The lowest BCUT2D eigenvalue weighted by Crippen LogP contribution is -2.47. The van der Waals surface area contributed by atoms with Gasteiger partial charge in [0.15, 0.2) is 5.78 Å². The van der Waals surface area contributed by atoms with Gasteiger partial charge in [-0.1, -0.05) is 13.8 Å². The average molecular weight is 188 g/mol. The second-order valence-electron chi connectivity index (χ2n) is 3.43. The molecule has 0 aliphatic heterocycles. The molecule has 0 rings (SSSR count). The number of ketones is 1. The van der Waals surface area contributed by atoms with E-state index in [1.807, 2.05) is 13.8 Å². The zero-order chi connectivity index (χ0) is 10.4. The average Bonchev–Trinajstić information content (AvgIpc) is 2.02. The Morgan fingerprint density at radius 2 is 1.85 bits per heavy atom. The predicted molar refractivity (Wildman–Crippen MR) is 52.6 cm³/mol. The highest BCUT2D eigenvalue weighted by atomic mass is 16.1. The van der Waals surface area contributed by atoms with Crippen LogP contribution in [0.5, 0.6) is 0 Å². The Morgan fingerprint density at radius 1 is 1.31 bits per heavy atom. The van der Waals surface area contributed by atoms with Crippen LogP contribution in [0.15, 0.2) is 0 Å². The summed E-state index contributed by atoms with van der Waals surface area (Å²) < 4.78 is 0. The van der Waals surface area contributed by atoms with E-state index in [1.165, 1.54) is 0 Å². The van der Waals surface area contributed by atoms with Gasteiger partial charge >= 0.3 is 0 Å². The Morgan fingerprint density at radius 3 is 2.23 bits per heavy atom. The summed E-state index contributed by atoms with van der Waals surface area (Å²) in [4.78, 5) is 11.3. The summed E-state index contributed by atoms with van der Waals surface area (Å²) in [5, 5.41) is 2.79. The van der Waals surface area contributed by atoms with Gasteiger partial charge in [-0.25, -0.2) is 0 Å².